The Labute approximate surface area is 103 Å². The van der Waals surface area contributed by atoms with Gasteiger partial charge in [-0.25, -0.2) is 0 Å². The summed E-state index contributed by atoms with van der Waals surface area (Å²) in [5.41, 5.74) is 4.08. The summed E-state index contributed by atoms with van der Waals surface area (Å²) in [5, 5.41) is 9.00. The average molecular weight is 232 g/mol. The Hall–Kier alpha value is -1.31. The molecule has 0 bridgehead atoms. The van der Waals surface area contributed by atoms with Gasteiger partial charge >= 0.3 is 5.97 Å². The van der Waals surface area contributed by atoms with Gasteiger partial charge in [0.1, 0.15) is 0 Å². The maximum absolute atomic E-state index is 10.9. The molecule has 0 aliphatic heterocycles. The summed E-state index contributed by atoms with van der Waals surface area (Å²) >= 11 is 0. The number of rotatable bonds is 2. The lowest BCUT2D eigenvalue weighted by Gasteiger charge is -2.40. The first-order valence-corrected chi connectivity index (χ1v) is 6.23. The Morgan fingerprint density at radius 3 is 2.82 bits per heavy atom. The van der Waals surface area contributed by atoms with Crippen molar-refractivity contribution in [2.75, 3.05) is 0 Å². The largest absolute Gasteiger partial charge is 0.481 e. The Bertz CT molecular complexity index is 446. The summed E-state index contributed by atoms with van der Waals surface area (Å²) in [6.45, 7) is 6.50. The molecule has 0 radical (unpaired) electrons. The molecule has 1 aromatic carbocycles. The molecule has 0 amide bonds. The highest BCUT2D eigenvalue weighted by Crippen LogP contribution is 2.43. The van der Waals surface area contributed by atoms with Crippen LogP contribution in [-0.4, -0.2) is 11.1 Å². The normalized spacial score (nSPS) is 21.9. The van der Waals surface area contributed by atoms with Crippen molar-refractivity contribution in [3.05, 3.63) is 34.9 Å². The van der Waals surface area contributed by atoms with Crippen LogP contribution in [0.1, 0.15) is 43.4 Å². The van der Waals surface area contributed by atoms with Gasteiger partial charge in [-0.05, 0) is 47.8 Å². The van der Waals surface area contributed by atoms with E-state index < -0.39 is 5.97 Å². The van der Waals surface area contributed by atoms with E-state index in [1.807, 2.05) is 0 Å². The van der Waals surface area contributed by atoms with Gasteiger partial charge in [-0.15, -0.1) is 0 Å². The maximum atomic E-state index is 10.9. The van der Waals surface area contributed by atoms with Gasteiger partial charge in [-0.1, -0.05) is 32.0 Å². The van der Waals surface area contributed by atoms with Crippen LogP contribution in [0.3, 0.4) is 0 Å². The number of benzene rings is 1. The summed E-state index contributed by atoms with van der Waals surface area (Å²) in [7, 11) is 0. The van der Waals surface area contributed by atoms with Crippen molar-refractivity contribution in [2.24, 2.45) is 5.92 Å². The molecule has 2 rings (SSSR count). The maximum Gasteiger partial charge on any atom is 0.303 e. The zero-order valence-electron chi connectivity index (χ0n) is 10.8. The highest BCUT2D eigenvalue weighted by atomic mass is 16.4. The monoisotopic (exact) mass is 232 g/mol. The number of carboxylic acid groups (broad SMARTS) is 1. The topological polar surface area (TPSA) is 37.3 Å². The first-order chi connectivity index (χ1) is 7.93. The summed E-state index contributed by atoms with van der Waals surface area (Å²) < 4.78 is 0. The van der Waals surface area contributed by atoms with Crippen LogP contribution in [0.15, 0.2) is 18.2 Å². The quantitative estimate of drug-likeness (QED) is 0.849. The first-order valence-electron chi connectivity index (χ1n) is 6.23. The molecular formula is C15H20O2. The van der Waals surface area contributed by atoms with Crippen LogP contribution >= 0.6 is 0 Å². The van der Waals surface area contributed by atoms with E-state index in [1.54, 1.807) is 0 Å². The van der Waals surface area contributed by atoms with Gasteiger partial charge in [0.15, 0.2) is 0 Å². The van der Waals surface area contributed by atoms with Gasteiger partial charge in [-0.2, -0.15) is 0 Å². The Kier molecular flexibility index (Phi) is 2.98. The summed E-state index contributed by atoms with van der Waals surface area (Å²) in [6.07, 6.45) is 2.28. The molecule has 0 aromatic heterocycles. The molecule has 2 nitrogen and oxygen atoms in total. The Morgan fingerprint density at radius 2 is 2.18 bits per heavy atom. The molecule has 1 aliphatic carbocycles. The third-order valence-electron chi connectivity index (χ3n) is 4.29. The van der Waals surface area contributed by atoms with E-state index in [-0.39, 0.29) is 17.8 Å². The molecule has 1 unspecified atom stereocenters. The molecule has 17 heavy (non-hydrogen) atoms. The fourth-order valence-corrected chi connectivity index (χ4v) is 3.11. The van der Waals surface area contributed by atoms with Gasteiger partial charge in [0.25, 0.3) is 0 Å². The molecule has 0 saturated heterocycles. The van der Waals surface area contributed by atoms with E-state index in [4.69, 9.17) is 5.11 Å². The molecule has 1 aliphatic rings. The summed E-state index contributed by atoms with van der Waals surface area (Å²) in [6, 6.07) is 6.39. The van der Waals surface area contributed by atoms with Crippen molar-refractivity contribution in [1.29, 1.82) is 0 Å². The Morgan fingerprint density at radius 1 is 1.47 bits per heavy atom. The van der Waals surface area contributed by atoms with Crippen LogP contribution in [0, 0.1) is 12.8 Å². The number of aliphatic carboxylic acids is 1. The van der Waals surface area contributed by atoms with Crippen molar-refractivity contribution in [3.8, 4) is 0 Å². The highest BCUT2D eigenvalue weighted by Gasteiger charge is 2.37. The van der Waals surface area contributed by atoms with Crippen molar-refractivity contribution in [2.45, 2.75) is 45.4 Å². The second-order valence-corrected chi connectivity index (χ2v) is 5.66. The molecule has 2 heteroatoms. The lowest BCUT2D eigenvalue weighted by molar-refractivity contribution is -0.138. The fourth-order valence-electron chi connectivity index (χ4n) is 3.11. The Balaban J connectivity index is 2.41. The lowest BCUT2D eigenvalue weighted by atomic mass is 9.64. The van der Waals surface area contributed by atoms with Crippen molar-refractivity contribution < 1.29 is 9.90 Å². The summed E-state index contributed by atoms with van der Waals surface area (Å²) in [5.74, 6) is -0.437. The molecular weight excluding hydrogens is 212 g/mol. The van der Waals surface area contributed by atoms with Crippen LogP contribution in [0.5, 0.6) is 0 Å². The molecule has 1 N–H and O–H groups in total. The van der Waals surface area contributed by atoms with E-state index >= 15 is 0 Å². The molecule has 92 valence electrons. The zero-order valence-corrected chi connectivity index (χ0v) is 10.8. The predicted molar refractivity (Wildman–Crippen MR) is 68.3 cm³/mol. The lowest BCUT2D eigenvalue weighted by Crippen LogP contribution is -2.35. The minimum absolute atomic E-state index is 0.0298. The second-order valence-electron chi connectivity index (χ2n) is 5.66. The van der Waals surface area contributed by atoms with Crippen LogP contribution in [0.4, 0.5) is 0 Å². The number of hydrogen-bond acceptors (Lipinski definition) is 1. The van der Waals surface area contributed by atoms with Gasteiger partial charge in [-0.3, -0.25) is 4.79 Å². The molecule has 1 aromatic rings. The van der Waals surface area contributed by atoms with Crippen molar-refractivity contribution in [3.63, 3.8) is 0 Å². The first kappa shape index (κ1) is 12.2. The number of carboxylic acids is 1. The van der Waals surface area contributed by atoms with E-state index in [9.17, 15) is 4.79 Å². The predicted octanol–water partition coefficient (Wildman–Crippen LogP) is 3.31. The standard InChI is InChI=1S/C15H20O2/c1-10-5-4-6-13-12(10)8-7-11(9-14(16)17)15(13,2)3/h4-6,11H,7-9H2,1-3H3,(H,16,17). The zero-order chi connectivity index (χ0) is 12.6. The second kappa shape index (κ2) is 4.17. The molecule has 0 fully saturated rings. The van der Waals surface area contributed by atoms with E-state index in [0.717, 1.165) is 12.8 Å². The van der Waals surface area contributed by atoms with E-state index in [0.29, 0.717) is 0 Å². The smallest absolute Gasteiger partial charge is 0.303 e. The van der Waals surface area contributed by atoms with Crippen molar-refractivity contribution in [1.82, 2.24) is 0 Å². The van der Waals surface area contributed by atoms with Crippen LogP contribution in [0.2, 0.25) is 0 Å². The minimum atomic E-state index is -0.681. The summed E-state index contributed by atoms with van der Waals surface area (Å²) in [4.78, 5) is 10.9. The molecule has 0 heterocycles. The van der Waals surface area contributed by atoms with Crippen LogP contribution in [-0.2, 0) is 16.6 Å². The SMILES string of the molecule is Cc1cccc2c1CCC(CC(=O)O)C2(C)C. The van der Waals surface area contributed by atoms with Gasteiger partial charge in [0.2, 0.25) is 0 Å². The van der Waals surface area contributed by atoms with E-state index in [2.05, 4.69) is 39.0 Å². The van der Waals surface area contributed by atoms with E-state index in [1.165, 1.54) is 16.7 Å². The molecule has 0 spiro atoms. The fraction of sp³-hybridized carbons (Fsp3) is 0.533. The molecule has 0 saturated carbocycles. The molecule has 1 atom stereocenters. The number of aryl methyl sites for hydroxylation is 1. The third kappa shape index (κ3) is 2.08. The van der Waals surface area contributed by atoms with Crippen LogP contribution in [0.25, 0.3) is 0 Å². The van der Waals surface area contributed by atoms with Crippen LogP contribution < -0.4 is 0 Å². The van der Waals surface area contributed by atoms with Crippen molar-refractivity contribution >= 4 is 5.97 Å². The number of fused-ring (bicyclic) bond motifs is 1. The number of carbonyl (C=O) groups is 1. The average Bonchev–Trinajstić information content (AvgIpc) is 2.23. The van der Waals surface area contributed by atoms with Gasteiger partial charge in [0.05, 0.1) is 0 Å². The third-order valence-corrected chi connectivity index (χ3v) is 4.29. The van der Waals surface area contributed by atoms with Gasteiger partial charge in [0, 0.05) is 6.42 Å². The minimum Gasteiger partial charge on any atom is -0.481 e. The van der Waals surface area contributed by atoms with Gasteiger partial charge < -0.3 is 5.11 Å². The highest BCUT2D eigenvalue weighted by molar-refractivity contribution is 5.67. The number of hydrogen-bond donors (Lipinski definition) is 1.